The largest absolute Gasteiger partial charge is 0.442 e. The lowest BCUT2D eigenvalue weighted by molar-refractivity contribution is 0.0604. The predicted molar refractivity (Wildman–Crippen MR) is 125 cm³/mol. The molecule has 0 saturated heterocycles. The van der Waals surface area contributed by atoms with Crippen LogP contribution in [0.3, 0.4) is 0 Å². The fourth-order valence-electron chi connectivity index (χ4n) is 2.67. The smallest absolute Gasteiger partial charge is 0.436 e. The number of carbonyl (C=O) groups is 1. The van der Waals surface area contributed by atoms with E-state index >= 15 is 0 Å². The molecule has 0 aromatic carbocycles. The number of amidine groups is 3. The van der Waals surface area contributed by atoms with Crippen LogP contribution in [0.5, 0.6) is 0 Å². The van der Waals surface area contributed by atoms with Gasteiger partial charge >= 0.3 is 6.09 Å². The van der Waals surface area contributed by atoms with Gasteiger partial charge in [0.15, 0.2) is 0 Å². The third kappa shape index (κ3) is 6.63. The van der Waals surface area contributed by atoms with E-state index in [0.29, 0.717) is 45.5 Å². The Bertz CT molecular complexity index is 1010. The summed E-state index contributed by atoms with van der Waals surface area (Å²) in [7, 11) is 0. The summed E-state index contributed by atoms with van der Waals surface area (Å²) in [5.41, 5.74) is 11.9. The first-order chi connectivity index (χ1) is 14.5. The van der Waals surface area contributed by atoms with Gasteiger partial charge < -0.3 is 26.9 Å². The van der Waals surface area contributed by atoms with Gasteiger partial charge in [0.25, 0.3) is 0 Å². The molecule has 166 valence electrons. The maximum absolute atomic E-state index is 11.9. The van der Waals surface area contributed by atoms with Crippen LogP contribution in [0.15, 0.2) is 38.0 Å². The minimum Gasteiger partial charge on any atom is -0.442 e. The number of rotatable bonds is 6. The van der Waals surface area contributed by atoms with Gasteiger partial charge in [0, 0.05) is 12.1 Å². The van der Waals surface area contributed by atoms with Crippen LogP contribution in [-0.4, -0.2) is 41.5 Å². The van der Waals surface area contributed by atoms with Crippen LogP contribution in [0.1, 0.15) is 49.8 Å². The minimum atomic E-state index is -0.744. The molecule has 9 nitrogen and oxygen atoms in total. The Morgan fingerprint density at radius 3 is 2.74 bits per heavy atom. The number of aliphatic imine (C=N–C) groups is 3. The zero-order valence-corrected chi connectivity index (χ0v) is 19.2. The van der Waals surface area contributed by atoms with Gasteiger partial charge in [0.05, 0.1) is 21.3 Å². The molecule has 1 aliphatic heterocycles. The number of nitrogens with one attached hydrogen (secondary N) is 2. The monoisotopic (exact) mass is 463 g/mol. The number of hydrogen-bond acceptors (Lipinski definition) is 7. The highest BCUT2D eigenvalue weighted by Crippen LogP contribution is 2.31. The molecule has 31 heavy (non-hydrogen) atoms. The summed E-state index contributed by atoms with van der Waals surface area (Å²) >= 11 is 7.58. The lowest BCUT2D eigenvalue weighted by atomic mass is 10.2. The molecule has 1 aromatic heterocycles. The number of halogens is 1. The first-order valence-electron chi connectivity index (χ1n) is 9.80. The topological polar surface area (TPSA) is 151 Å². The van der Waals surface area contributed by atoms with E-state index in [9.17, 15) is 4.79 Å². The van der Waals surface area contributed by atoms with Crippen molar-refractivity contribution in [3.05, 3.63) is 32.7 Å². The number of carbonyl (C=O) groups excluding carboxylic acids is 1. The van der Waals surface area contributed by atoms with Gasteiger partial charge in [-0.3, -0.25) is 4.99 Å². The average molecular weight is 464 g/mol. The molecule has 1 saturated carbocycles. The first-order valence-corrected chi connectivity index (χ1v) is 11.0. The molecule has 0 radical (unpaired) electrons. The molecule has 11 heteroatoms. The van der Waals surface area contributed by atoms with Crippen molar-refractivity contribution in [1.29, 1.82) is 5.41 Å². The number of amides is 1. The highest BCUT2D eigenvalue weighted by molar-refractivity contribution is 7.16. The number of ether oxygens (including phenoxy) is 1. The van der Waals surface area contributed by atoms with E-state index in [1.54, 1.807) is 26.8 Å². The molecule has 2 heterocycles. The van der Waals surface area contributed by atoms with Crippen molar-refractivity contribution in [2.45, 2.75) is 45.6 Å². The molecule has 1 amide bonds. The Hall–Kier alpha value is -2.72. The molecule has 1 aromatic rings. The molecule has 1 aliphatic carbocycles. The Morgan fingerprint density at radius 2 is 2.10 bits per heavy atom. The van der Waals surface area contributed by atoms with E-state index in [1.165, 1.54) is 11.3 Å². The molecule has 0 bridgehead atoms. The van der Waals surface area contributed by atoms with Gasteiger partial charge in [-0.1, -0.05) is 11.6 Å². The van der Waals surface area contributed by atoms with Crippen LogP contribution in [0.4, 0.5) is 4.79 Å². The fourth-order valence-corrected chi connectivity index (χ4v) is 3.69. The molecule has 0 atom stereocenters. The van der Waals surface area contributed by atoms with Crippen LogP contribution < -0.4 is 16.8 Å². The van der Waals surface area contributed by atoms with E-state index in [0.717, 1.165) is 17.7 Å². The minimum absolute atomic E-state index is 0.0663. The Labute approximate surface area is 189 Å². The second-order valence-electron chi connectivity index (χ2n) is 8.26. The second kappa shape index (κ2) is 9.19. The molecular weight excluding hydrogens is 438 g/mol. The van der Waals surface area contributed by atoms with Crippen LogP contribution >= 0.6 is 22.9 Å². The van der Waals surface area contributed by atoms with Gasteiger partial charge in [0.1, 0.15) is 28.9 Å². The summed E-state index contributed by atoms with van der Waals surface area (Å²) in [6.07, 6.45) is 1.68. The average Bonchev–Trinajstić information content (AvgIpc) is 3.39. The van der Waals surface area contributed by atoms with Gasteiger partial charge in [-0.15, -0.1) is 11.3 Å². The molecule has 0 unspecified atom stereocenters. The summed E-state index contributed by atoms with van der Waals surface area (Å²) in [4.78, 5) is 25.8. The molecule has 2 aliphatic rings. The quantitative estimate of drug-likeness (QED) is 0.376. The van der Waals surface area contributed by atoms with Crippen molar-refractivity contribution in [3.8, 4) is 0 Å². The van der Waals surface area contributed by atoms with E-state index in [-0.39, 0.29) is 12.4 Å². The Morgan fingerprint density at radius 1 is 1.39 bits per heavy atom. The summed E-state index contributed by atoms with van der Waals surface area (Å²) in [6, 6.07) is 3.57. The predicted octanol–water partition coefficient (Wildman–Crippen LogP) is 3.32. The number of hydrogen-bond donors (Lipinski definition) is 4. The van der Waals surface area contributed by atoms with Gasteiger partial charge in [-0.25, -0.2) is 9.79 Å². The second-order valence-corrected chi connectivity index (χ2v) is 9.80. The van der Waals surface area contributed by atoms with Crippen molar-refractivity contribution >= 4 is 52.2 Å². The van der Waals surface area contributed by atoms with Crippen molar-refractivity contribution in [1.82, 2.24) is 5.32 Å². The van der Waals surface area contributed by atoms with E-state index in [4.69, 9.17) is 33.2 Å². The van der Waals surface area contributed by atoms with Crippen molar-refractivity contribution in [2.24, 2.45) is 32.4 Å². The normalized spacial score (nSPS) is 17.9. The maximum atomic E-state index is 11.9. The van der Waals surface area contributed by atoms with Crippen LogP contribution in [0.25, 0.3) is 0 Å². The molecule has 1 fully saturated rings. The fraction of sp³-hybridized carbons (Fsp3) is 0.450. The van der Waals surface area contributed by atoms with Crippen molar-refractivity contribution < 1.29 is 9.53 Å². The molecule has 0 spiro atoms. The summed E-state index contributed by atoms with van der Waals surface area (Å²) in [6.45, 7) is 5.53. The zero-order valence-electron chi connectivity index (χ0n) is 17.7. The number of nitrogens with two attached hydrogens (primary N) is 2. The third-order valence-corrected chi connectivity index (χ3v) is 5.68. The van der Waals surface area contributed by atoms with Crippen LogP contribution in [0.2, 0.25) is 0 Å². The zero-order chi connectivity index (χ0) is 22.8. The Kier molecular flexibility index (Phi) is 6.80. The van der Waals surface area contributed by atoms with Gasteiger partial charge in [-0.2, -0.15) is 4.99 Å². The van der Waals surface area contributed by atoms with Gasteiger partial charge in [-0.05, 0) is 51.7 Å². The number of thiophene rings is 1. The van der Waals surface area contributed by atoms with Crippen LogP contribution in [-0.2, 0) is 4.74 Å². The van der Waals surface area contributed by atoms with Crippen molar-refractivity contribution in [2.75, 3.05) is 6.54 Å². The summed E-state index contributed by atoms with van der Waals surface area (Å²) < 4.78 is 5.16. The van der Waals surface area contributed by atoms with Crippen LogP contribution in [0, 0.1) is 11.3 Å². The summed E-state index contributed by atoms with van der Waals surface area (Å²) in [5, 5.41) is 11.5. The molecule has 3 rings (SSSR count). The van der Waals surface area contributed by atoms with Crippen molar-refractivity contribution in [3.63, 3.8) is 0 Å². The van der Waals surface area contributed by atoms with E-state index < -0.39 is 11.7 Å². The molecular formula is C20H26ClN7O2S. The third-order valence-electron chi connectivity index (χ3n) is 4.26. The highest BCUT2D eigenvalue weighted by Gasteiger charge is 2.27. The Balaban J connectivity index is 1.68. The highest BCUT2D eigenvalue weighted by atomic mass is 35.5. The SMILES string of the molecule is CC(C)(C)OC(=O)N=C(N)c1ccc(C2=NCC(Cl)=C(N=C(N)CC(=N)C3CC3)N2)s1. The lowest BCUT2D eigenvalue weighted by Gasteiger charge is -2.17. The number of nitrogens with zero attached hydrogens (tertiary/aromatic N) is 3. The lowest BCUT2D eigenvalue weighted by Crippen LogP contribution is -2.29. The van der Waals surface area contributed by atoms with E-state index in [2.05, 4.69) is 20.3 Å². The molecule has 6 N–H and O–H groups in total. The first kappa shape index (κ1) is 23.0. The standard InChI is InChI=1S/C20H26ClN7O2S/c1-20(2,3)30-19(29)27-16(24)13-6-7-14(31-13)18-25-9-11(21)17(28-18)26-15(23)8-12(22)10-4-5-10/h6-7,10,22H,4-5,8-9H2,1-3H3,(H2,23,26)(H,25,28)(H2,24,27,29). The van der Waals surface area contributed by atoms with E-state index in [1.807, 2.05) is 6.07 Å². The summed E-state index contributed by atoms with van der Waals surface area (Å²) in [5.74, 6) is 1.72. The maximum Gasteiger partial charge on any atom is 0.436 e. The van der Waals surface area contributed by atoms with Gasteiger partial charge in [0.2, 0.25) is 0 Å².